The smallest absolute Gasteiger partial charge is 0.0643 e. The highest BCUT2D eigenvalue weighted by atomic mass is 14.9. The maximum absolute atomic E-state index is 8.61. The van der Waals surface area contributed by atoms with Crippen molar-refractivity contribution in [2.45, 2.75) is 32.7 Å². The minimum absolute atomic E-state index is 0.107. The lowest BCUT2D eigenvalue weighted by molar-refractivity contribution is 0.820. The summed E-state index contributed by atoms with van der Waals surface area (Å²) in [6.45, 7) is 3.94. The summed E-state index contributed by atoms with van der Waals surface area (Å²) in [5, 5.41) is 19.7. The Morgan fingerprint density at radius 1 is 1.50 bits per heavy atom. The molecule has 0 aliphatic heterocycles. The van der Waals surface area contributed by atoms with E-state index in [9.17, 15) is 0 Å². The van der Waals surface area contributed by atoms with Gasteiger partial charge in [-0.3, -0.25) is 0 Å². The monoisotopic (exact) mass is 215 g/mol. The first-order valence-electron chi connectivity index (χ1n) is 5.49. The van der Waals surface area contributed by atoms with Gasteiger partial charge >= 0.3 is 0 Å². The van der Waals surface area contributed by atoms with Crippen LogP contribution < -0.4 is 5.32 Å². The normalized spacial score (nSPS) is 11.6. The van der Waals surface area contributed by atoms with Crippen molar-refractivity contribution >= 4 is 11.4 Å². The first-order chi connectivity index (χ1) is 7.69. The maximum Gasteiger partial charge on any atom is 0.0643 e. The molecule has 1 aromatic carbocycles. The van der Waals surface area contributed by atoms with Crippen LogP contribution in [0.15, 0.2) is 24.3 Å². The van der Waals surface area contributed by atoms with Crippen molar-refractivity contribution in [3.63, 3.8) is 0 Å². The van der Waals surface area contributed by atoms with Gasteiger partial charge in [-0.15, -0.1) is 0 Å². The summed E-state index contributed by atoms with van der Waals surface area (Å²) in [6, 6.07) is 10.00. The van der Waals surface area contributed by atoms with Gasteiger partial charge in [-0.1, -0.05) is 25.1 Å². The Balaban J connectivity index is 2.87. The van der Waals surface area contributed by atoms with Crippen LogP contribution in [0, 0.1) is 16.7 Å². The Kier molecular flexibility index (Phi) is 4.53. The van der Waals surface area contributed by atoms with Crippen molar-refractivity contribution in [2.75, 3.05) is 5.32 Å². The molecule has 0 heterocycles. The molecular weight excluding hydrogens is 198 g/mol. The van der Waals surface area contributed by atoms with Crippen molar-refractivity contribution in [2.24, 2.45) is 0 Å². The summed E-state index contributed by atoms with van der Waals surface area (Å²) in [5.41, 5.74) is 2.49. The minimum atomic E-state index is 0.107. The Morgan fingerprint density at radius 2 is 2.19 bits per heavy atom. The van der Waals surface area contributed by atoms with Gasteiger partial charge in [-0.05, 0) is 19.4 Å². The second-order valence-electron chi connectivity index (χ2n) is 3.79. The second kappa shape index (κ2) is 5.92. The molecule has 1 aromatic rings. The zero-order valence-electron chi connectivity index (χ0n) is 9.75. The summed E-state index contributed by atoms with van der Waals surface area (Å²) in [4.78, 5) is 0. The average Bonchev–Trinajstić information content (AvgIpc) is 2.29. The van der Waals surface area contributed by atoms with E-state index in [4.69, 9.17) is 10.7 Å². The first-order valence-corrected chi connectivity index (χ1v) is 5.49. The molecule has 0 amide bonds. The molecule has 84 valence electrons. The van der Waals surface area contributed by atoms with Crippen LogP contribution in [0.2, 0.25) is 0 Å². The molecule has 0 bridgehead atoms. The van der Waals surface area contributed by atoms with Crippen LogP contribution >= 0.6 is 0 Å². The Bertz CT molecular complexity index is 404. The van der Waals surface area contributed by atoms with Crippen molar-refractivity contribution in [3.8, 4) is 6.07 Å². The largest absolute Gasteiger partial charge is 0.381 e. The molecule has 1 rings (SSSR count). The standard InChI is InChI=1S/C13H17N3/c1-3-12(15)11-6-4-5-7-13(11)16-10(2)8-9-14/h4-7,10,15-16H,3,8H2,1-2H3. The molecule has 0 aromatic heterocycles. The number of rotatable bonds is 5. The van der Waals surface area contributed by atoms with Crippen LogP contribution in [0.3, 0.4) is 0 Å². The van der Waals surface area contributed by atoms with Crippen LogP contribution in [-0.4, -0.2) is 11.8 Å². The number of nitriles is 1. The van der Waals surface area contributed by atoms with E-state index in [1.807, 2.05) is 38.1 Å². The van der Waals surface area contributed by atoms with Crippen molar-refractivity contribution in [1.29, 1.82) is 10.7 Å². The molecule has 16 heavy (non-hydrogen) atoms. The van der Waals surface area contributed by atoms with Gasteiger partial charge in [-0.25, -0.2) is 0 Å². The highest BCUT2D eigenvalue weighted by molar-refractivity contribution is 6.02. The molecule has 0 fully saturated rings. The van der Waals surface area contributed by atoms with Crippen LogP contribution in [0.1, 0.15) is 32.3 Å². The molecule has 0 saturated carbocycles. The van der Waals surface area contributed by atoms with Gasteiger partial charge in [0.2, 0.25) is 0 Å². The van der Waals surface area contributed by atoms with E-state index in [0.29, 0.717) is 18.6 Å². The molecule has 0 spiro atoms. The molecule has 0 saturated heterocycles. The molecule has 3 nitrogen and oxygen atoms in total. The molecule has 2 N–H and O–H groups in total. The lowest BCUT2D eigenvalue weighted by Crippen LogP contribution is -2.16. The van der Waals surface area contributed by atoms with E-state index in [0.717, 1.165) is 11.3 Å². The fraction of sp³-hybridized carbons (Fsp3) is 0.385. The van der Waals surface area contributed by atoms with Gasteiger partial charge in [0, 0.05) is 23.0 Å². The number of nitrogens with zero attached hydrogens (tertiary/aromatic N) is 1. The summed E-state index contributed by atoms with van der Waals surface area (Å²) in [6.07, 6.45) is 1.18. The van der Waals surface area contributed by atoms with E-state index >= 15 is 0 Å². The first kappa shape index (κ1) is 12.3. The Labute approximate surface area is 96.6 Å². The lowest BCUT2D eigenvalue weighted by atomic mass is 10.1. The molecule has 3 heteroatoms. The zero-order chi connectivity index (χ0) is 12.0. The van der Waals surface area contributed by atoms with Crippen LogP contribution in [-0.2, 0) is 0 Å². The number of nitrogens with one attached hydrogen (secondary N) is 2. The molecule has 1 atom stereocenters. The lowest BCUT2D eigenvalue weighted by Gasteiger charge is -2.15. The number of hydrogen-bond donors (Lipinski definition) is 2. The second-order valence-corrected chi connectivity index (χ2v) is 3.79. The molecule has 0 aliphatic rings. The van der Waals surface area contributed by atoms with Crippen molar-refractivity contribution in [3.05, 3.63) is 29.8 Å². The highest BCUT2D eigenvalue weighted by Gasteiger charge is 2.08. The number of para-hydroxylation sites is 1. The number of hydrogen-bond acceptors (Lipinski definition) is 3. The predicted molar refractivity (Wildman–Crippen MR) is 66.9 cm³/mol. The van der Waals surface area contributed by atoms with E-state index < -0.39 is 0 Å². The fourth-order valence-corrected chi connectivity index (χ4v) is 1.52. The van der Waals surface area contributed by atoms with Gasteiger partial charge in [-0.2, -0.15) is 5.26 Å². The summed E-state index contributed by atoms with van der Waals surface area (Å²) >= 11 is 0. The average molecular weight is 215 g/mol. The van der Waals surface area contributed by atoms with Gasteiger partial charge in [0.05, 0.1) is 12.5 Å². The van der Waals surface area contributed by atoms with Crippen LogP contribution in [0.25, 0.3) is 0 Å². The third-order valence-electron chi connectivity index (χ3n) is 2.41. The van der Waals surface area contributed by atoms with Gasteiger partial charge in [0.15, 0.2) is 0 Å². The van der Waals surface area contributed by atoms with E-state index in [1.54, 1.807) is 0 Å². The number of anilines is 1. The number of benzene rings is 1. The SMILES string of the molecule is CCC(=N)c1ccccc1NC(C)CC#N. The van der Waals surface area contributed by atoms with E-state index in [-0.39, 0.29) is 6.04 Å². The van der Waals surface area contributed by atoms with Crippen molar-refractivity contribution in [1.82, 2.24) is 0 Å². The Morgan fingerprint density at radius 3 is 2.81 bits per heavy atom. The summed E-state index contributed by atoms with van der Waals surface area (Å²) in [7, 11) is 0. The van der Waals surface area contributed by atoms with Gasteiger partial charge in [0.25, 0.3) is 0 Å². The van der Waals surface area contributed by atoms with Crippen molar-refractivity contribution < 1.29 is 0 Å². The molecule has 0 aliphatic carbocycles. The molecular formula is C13H17N3. The molecule has 1 unspecified atom stereocenters. The van der Waals surface area contributed by atoms with E-state index in [2.05, 4.69) is 11.4 Å². The summed E-state index contributed by atoms with van der Waals surface area (Å²) < 4.78 is 0. The van der Waals surface area contributed by atoms with E-state index in [1.165, 1.54) is 0 Å². The third kappa shape index (κ3) is 3.09. The predicted octanol–water partition coefficient (Wildman–Crippen LogP) is 3.18. The summed E-state index contributed by atoms with van der Waals surface area (Å²) in [5.74, 6) is 0. The topological polar surface area (TPSA) is 59.7 Å². The quantitative estimate of drug-likeness (QED) is 0.741. The highest BCUT2D eigenvalue weighted by Crippen LogP contribution is 2.18. The van der Waals surface area contributed by atoms with Crippen LogP contribution in [0.5, 0.6) is 0 Å². The van der Waals surface area contributed by atoms with Gasteiger partial charge in [0.1, 0.15) is 0 Å². The maximum atomic E-state index is 8.61. The third-order valence-corrected chi connectivity index (χ3v) is 2.41. The van der Waals surface area contributed by atoms with Gasteiger partial charge < -0.3 is 10.7 Å². The van der Waals surface area contributed by atoms with Crippen LogP contribution in [0.4, 0.5) is 5.69 Å². The fourth-order valence-electron chi connectivity index (χ4n) is 1.52. The Hall–Kier alpha value is -1.82. The minimum Gasteiger partial charge on any atom is -0.381 e. The zero-order valence-corrected chi connectivity index (χ0v) is 9.75. The molecule has 0 radical (unpaired) electrons.